The fourth-order valence-corrected chi connectivity index (χ4v) is 2.68. The lowest BCUT2D eigenvalue weighted by molar-refractivity contribution is -0.138. The van der Waals surface area contributed by atoms with Crippen LogP contribution in [0.3, 0.4) is 0 Å². The maximum absolute atomic E-state index is 12.8. The Bertz CT molecular complexity index is 637. The summed E-state index contributed by atoms with van der Waals surface area (Å²) >= 11 is 1.26. The smallest absolute Gasteiger partial charge is 0.416 e. The van der Waals surface area contributed by atoms with Gasteiger partial charge in [-0.2, -0.15) is 13.2 Å². The molecule has 1 aromatic heterocycles. The van der Waals surface area contributed by atoms with Gasteiger partial charge in [-0.15, -0.1) is 11.3 Å². The highest BCUT2D eigenvalue weighted by Crippen LogP contribution is 2.31. The van der Waals surface area contributed by atoms with Crippen LogP contribution in [0.1, 0.15) is 26.4 Å². The summed E-state index contributed by atoms with van der Waals surface area (Å²) in [7, 11) is 0. The van der Waals surface area contributed by atoms with Gasteiger partial charge in [-0.3, -0.25) is 0 Å². The minimum absolute atomic E-state index is 0.0655. The highest BCUT2D eigenvalue weighted by Gasteiger charge is 2.32. The lowest BCUT2D eigenvalue weighted by Gasteiger charge is -2.12. The van der Waals surface area contributed by atoms with E-state index in [-0.39, 0.29) is 17.7 Å². The molecular formula is C14H12F3NO2S. The lowest BCUT2D eigenvalue weighted by atomic mass is 10.1. The van der Waals surface area contributed by atoms with Gasteiger partial charge < -0.3 is 10.4 Å². The van der Waals surface area contributed by atoms with Gasteiger partial charge in [0.2, 0.25) is 0 Å². The Labute approximate surface area is 123 Å². The zero-order valence-corrected chi connectivity index (χ0v) is 11.6. The molecule has 0 aliphatic heterocycles. The first-order valence-corrected chi connectivity index (χ1v) is 6.92. The fraction of sp³-hybridized carbons (Fsp3) is 0.214. The topological polar surface area (TPSA) is 49.3 Å². The summed E-state index contributed by atoms with van der Waals surface area (Å²) in [6, 6.07) is 6.89. The van der Waals surface area contributed by atoms with Crippen LogP contribution in [-0.4, -0.2) is 11.1 Å². The van der Waals surface area contributed by atoms with E-state index in [1.807, 2.05) is 0 Å². The van der Waals surface area contributed by atoms with Gasteiger partial charge in [0, 0.05) is 23.3 Å². The van der Waals surface area contributed by atoms with E-state index in [1.165, 1.54) is 34.9 Å². The molecule has 21 heavy (non-hydrogen) atoms. The maximum atomic E-state index is 12.8. The number of carboxylic acids is 1. The van der Waals surface area contributed by atoms with E-state index in [0.717, 1.165) is 10.9 Å². The Morgan fingerprint density at radius 2 is 1.95 bits per heavy atom. The standard InChI is InChI=1S/C14H12F3NO2S/c15-14(16,17)12-4-2-1-3-9(12)6-18-7-11-5-10(8-21-11)13(19)20/h1-5,8,18H,6-7H2,(H,19,20). The molecule has 1 aromatic carbocycles. The molecule has 0 fully saturated rings. The molecule has 0 aliphatic rings. The Balaban J connectivity index is 1.99. The van der Waals surface area contributed by atoms with Gasteiger partial charge in [0.15, 0.2) is 0 Å². The van der Waals surface area contributed by atoms with E-state index in [2.05, 4.69) is 5.32 Å². The van der Waals surface area contributed by atoms with Crippen molar-refractivity contribution in [1.29, 1.82) is 0 Å². The Kier molecular flexibility index (Phi) is 4.64. The molecule has 0 spiro atoms. The van der Waals surface area contributed by atoms with Gasteiger partial charge in [-0.25, -0.2) is 4.79 Å². The van der Waals surface area contributed by atoms with Crippen molar-refractivity contribution in [3.63, 3.8) is 0 Å². The van der Waals surface area contributed by atoms with E-state index < -0.39 is 17.7 Å². The number of hydrogen-bond donors (Lipinski definition) is 2. The van der Waals surface area contributed by atoms with Crippen LogP contribution in [0, 0.1) is 0 Å². The summed E-state index contributed by atoms with van der Waals surface area (Å²) in [4.78, 5) is 11.5. The number of alkyl halides is 3. The van der Waals surface area contributed by atoms with E-state index >= 15 is 0 Å². The summed E-state index contributed by atoms with van der Waals surface area (Å²) in [6.07, 6.45) is -4.38. The van der Waals surface area contributed by atoms with Crippen molar-refractivity contribution < 1.29 is 23.1 Å². The van der Waals surface area contributed by atoms with Gasteiger partial charge in [0.25, 0.3) is 0 Å². The number of carbonyl (C=O) groups is 1. The lowest BCUT2D eigenvalue weighted by Crippen LogP contribution is -2.16. The molecule has 3 nitrogen and oxygen atoms in total. The number of rotatable bonds is 5. The highest BCUT2D eigenvalue weighted by molar-refractivity contribution is 7.10. The van der Waals surface area contributed by atoms with Gasteiger partial charge in [-0.1, -0.05) is 18.2 Å². The van der Waals surface area contributed by atoms with Crippen molar-refractivity contribution in [1.82, 2.24) is 5.32 Å². The van der Waals surface area contributed by atoms with Crippen molar-refractivity contribution in [2.75, 3.05) is 0 Å². The van der Waals surface area contributed by atoms with Crippen molar-refractivity contribution in [3.05, 3.63) is 57.3 Å². The highest BCUT2D eigenvalue weighted by atomic mass is 32.1. The normalized spacial score (nSPS) is 11.6. The fourth-order valence-electron chi connectivity index (χ4n) is 1.86. The number of aromatic carboxylic acids is 1. The van der Waals surface area contributed by atoms with Crippen LogP contribution >= 0.6 is 11.3 Å². The Morgan fingerprint density at radius 1 is 1.24 bits per heavy atom. The quantitative estimate of drug-likeness (QED) is 0.883. The van der Waals surface area contributed by atoms with Crippen LogP contribution in [0.2, 0.25) is 0 Å². The summed E-state index contributed by atoms with van der Waals surface area (Å²) in [5.74, 6) is -1.01. The average molecular weight is 315 g/mol. The second-order valence-electron chi connectivity index (χ2n) is 4.37. The molecule has 0 unspecified atom stereocenters. The van der Waals surface area contributed by atoms with Crippen LogP contribution in [0.5, 0.6) is 0 Å². The molecule has 112 valence electrons. The van der Waals surface area contributed by atoms with Crippen LogP contribution in [-0.2, 0) is 19.3 Å². The van der Waals surface area contributed by atoms with E-state index in [1.54, 1.807) is 6.07 Å². The van der Waals surface area contributed by atoms with Crippen LogP contribution in [0.4, 0.5) is 13.2 Å². The summed E-state index contributed by atoms with van der Waals surface area (Å²) < 4.78 is 38.4. The van der Waals surface area contributed by atoms with Crippen LogP contribution < -0.4 is 5.32 Å². The third-order valence-corrected chi connectivity index (χ3v) is 3.77. The van der Waals surface area contributed by atoms with Crippen molar-refractivity contribution >= 4 is 17.3 Å². The molecular weight excluding hydrogens is 303 g/mol. The summed E-state index contributed by atoms with van der Waals surface area (Å²) in [6.45, 7) is 0.389. The largest absolute Gasteiger partial charge is 0.478 e. The second-order valence-corrected chi connectivity index (χ2v) is 5.36. The first-order chi connectivity index (χ1) is 9.88. The molecule has 2 aromatic rings. The number of hydrogen-bond acceptors (Lipinski definition) is 3. The van der Waals surface area contributed by atoms with Gasteiger partial charge in [0.05, 0.1) is 11.1 Å². The summed E-state index contributed by atoms with van der Waals surface area (Å²) in [5, 5.41) is 13.2. The SMILES string of the molecule is O=C(O)c1csc(CNCc2ccccc2C(F)(F)F)c1. The zero-order valence-electron chi connectivity index (χ0n) is 10.8. The predicted octanol–water partition coefficient (Wildman–Crippen LogP) is 3.75. The van der Waals surface area contributed by atoms with Crippen molar-refractivity contribution in [2.45, 2.75) is 19.3 Å². The molecule has 0 saturated heterocycles. The minimum atomic E-state index is -4.38. The molecule has 1 heterocycles. The van der Waals surface area contributed by atoms with E-state index in [9.17, 15) is 18.0 Å². The van der Waals surface area contributed by atoms with Crippen molar-refractivity contribution in [3.8, 4) is 0 Å². The Hall–Kier alpha value is -1.86. The van der Waals surface area contributed by atoms with Crippen LogP contribution in [0.25, 0.3) is 0 Å². The molecule has 0 aliphatic carbocycles. The van der Waals surface area contributed by atoms with Crippen LogP contribution in [0.15, 0.2) is 35.7 Å². The second kappa shape index (κ2) is 6.28. The third kappa shape index (κ3) is 4.05. The third-order valence-electron chi connectivity index (χ3n) is 2.84. The number of benzene rings is 1. The van der Waals surface area contributed by atoms with Gasteiger partial charge >= 0.3 is 12.1 Å². The van der Waals surface area contributed by atoms with E-state index in [4.69, 9.17) is 5.11 Å². The molecule has 0 saturated carbocycles. The number of nitrogens with one attached hydrogen (secondary N) is 1. The molecule has 0 amide bonds. The van der Waals surface area contributed by atoms with Gasteiger partial charge in [0.1, 0.15) is 0 Å². The van der Waals surface area contributed by atoms with Crippen molar-refractivity contribution in [2.24, 2.45) is 0 Å². The molecule has 7 heteroatoms. The maximum Gasteiger partial charge on any atom is 0.416 e. The molecule has 2 rings (SSSR count). The minimum Gasteiger partial charge on any atom is -0.478 e. The number of halogens is 3. The number of carboxylic acid groups (broad SMARTS) is 1. The van der Waals surface area contributed by atoms with Gasteiger partial charge in [-0.05, 0) is 17.7 Å². The zero-order chi connectivity index (χ0) is 15.5. The van der Waals surface area contributed by atoms with E-state index in [0.29, 0.717) is 6.54 Å². The Morgan fingerprint density at radius 3 is 2.57 bits per heavy atom. The summed E-state index contributed by atoms with van der Waals surface area (Å²) in [5.41, 5.74) is -0.303. The monoisotopic (exact) mass is 315 g/mol. The first kappa shape index (κ1) is 15.5. The average Bonchev–Trinajstić information content (AvgIpc) is 2.87. The molecule has 0 bridgehead atoms. The first-order valence-electron chi connectivity index (χ1n) is 6.04. The molecule has 0 atom stereocenters. The molecule has 0 radical (unpaired) electrons. The molecule has 2 N–H and O–H groups in total. The predicted molar refractivity (Wildman–Crippen MR) is 73.3 cm³/mol. The number of thiophene rings is 1.